The van der Waals surface area contributed by atoms with E-state index in [1.54, 1.807) is 0 Å². The van der Waals surface area contributed by atoms with E-state index in [1.165, 1.54) is 5.56 Å². The van der Waals surface area contributed by atoms with Gasteiger partial charge in [-0.1, -0.05) is 74.5 Å². The molecular weight excluding hydrogens is 272 g/mol. The Morgan fingerprint density at radius 1 is 0.864 bits per heavy atom. The third kappa shape index (κ3) is 4.20. The van der Waals surface area contributed by atoms with Gasteiger partial charge in [-0.05, 0) is 24.0 Å². The van der Waals surface area contributed by atoms with Crippen LogP contribution in [0.1, 0.15) is 49.7 Å². The van der Waals surface area contributed by atoms with Crippen molar-refractivity contribution in [3.63, 3.8) is 0 Å². The highest BCUT2D eigenvalue weighted by molar-refractivity contribution is 5.78. The fourth-order valence-corrected chi connectivity index (χ4v) is 2.68. The topological polar surface area (TPSA) is 26.3 Å². The average molecular weight is 296 g/mol. The van der Waals surface area contributed by atoms with Gasteiger partial charge in [-0.2, -0.15) is 0 Å². The molecule has 0 amide bonds. The van der Waals surface area contributed by atoms with E-state index < -0.39 is 0 Å². The van der Waals surface area contributed by atoms with Crippen LogP contribution in [0.25, 0.3) is 0 Å². The Labute approximate surface area is 133 Å². The summed E-state index contributed by atoms with van der Waals surface area (Å²) in [4.78, 5) is 12.4. The summed E-state index contributed by atoms with van der Waals surface area (Å²) in [5.74, 6) is -0.0315. The van der Waals surface area contributed by atoms with Crippen molar-refractivity contribution in [3.8, 4) is 0 Å². The largest absolute Gasteiger partial charge is 0.465 e. The monoisotopic (exact) mass is 296 g/mol. The Kier molecular flexibility index (Phi) is 6.20. The number of hydrogen-bond donors (Lipinski definition) is 0. The lowest BCUT2D eigenvalue weighted by Crippen LogP contribution is -2.19. The van der Waals surface area contributed by atoms with Gasteiger partial charge in [-0.25, -0.2) is 0 Å². The summed E-state index contributed by atoms with van der Waals surface area (Å²) < 4.78 is 5.62. The normalized spacial score (nSPS) is 13.4. The van der Waals surface area contributed by atoms with Gasteiger partial charge in [-0.15, -0.1) is 0 Å². The molecular formula is C20H24O2. The molecule has 0 radical (unpaired) electrons. The molecule has 0 aliphatic rings. The smallest absolute Gasteiger partial charge is 0.313 e. The lowest BCUT2D eigenvalue weighted by Gasteiger charge is -2.19. The summed E-state index contributed by atoms with van der Waals surface area (Å²) in [6.07, 6.45) is 1.71. The van der Waals surface area contributed by atoms with Crippen LogP contribution in [-0.2, 0) is 9.53 Å². The van der Waals surface area contributed by atoms with Crippen molar-refractivity contribution >= 4 is 5.97 Å². The molecule has 0 aliphatic carbocycles. The molecule has 2 aromatic carbocycles. The standard InChI is InChI=1S/C20H24O2/c1-3-16(17-11-7-5-8-12-17)15-22-20(21)19(4-2)18-13-9-6-10-14-18/h5-14,16,19H,3-4,15H2,1-2H3. The summed E-state index contributed by atoms with van der Waals surface area (Å²) in [5.41, 5.74) is 2.26. The van der Waals surface area contributed by atoms with Gasteiger partial charge in [-0.3, -0.25) is 4.79 Å². The average Bonchev–Trinajstić information content (AvgIpc) is 2.58. The number of benzene rings is 2. The van der Waals surface area contributed by atoms with E-state index >= 15 is 0 Å². The second kappa shape index (κ2) is 8.38. The van der Waals surface area contributed by atoms with E-state index in [0.29, 0.717) is 6.61 Å². The van der Waals surface area contributed by atoms with Crippen LogP contribution in [0.2, 0.25) is 0 Å². The third-order valence-electron chi connectivity index (χ3n) is 4.09. The lowest BCUT2D eigenvalue weighted by molar-refractivity contribution is -0.146. The molecule has 2 rings (SSSR count). The van der Waals surface area contributed by atoms with Gasteiger partial charge < -0.3 is 4.74 Å². The summed E-state index contributed by atoms with van der Waals surface area (Å²) in [7, 11) is 0. The minimum atomic E-state index is -0.172. The number of rotatable bonds is 7. The highest BCUT2D eigenvalue weighted by Crippen LogP contribution is 2.24. The second-order valence-electron chi connectivity index (χ2n) is 5.52. The molecule has 2 nitrogen and oxygen atoms in total. The van der Waals surface area contributed by atoms with Crippen LogP contribution in [0, 0.1) is 0 Å². The van der Waals surface area contributed by atoms with E-state index in [4.69, 9.17) is 4.74 Å². The van der Waals surface area contributed by atoms with E-state index in [9.17, 15) is 4.79 Å². The lowest BCUT2D eigenvalue weighted by atomic mass is 9.96. The van der Waals surface area contributed by atoms with Crippen molar-refractivity contribution in [1.29, 1.82) is 0 Å². The van der Waals surface area contributed by atoms with Gasteiger partial charge >= 0.3 is 5.97 Å². The molecule has 0 aromatic heterocycles. The molecule has 2 aromatic rings. The molecule has 0 spiro atoms. The maximum absolute atomic E-state index is 12.4. The molecule has 2 atom stereocenters. The highest BCUT2D eigenvalue weighted by atomic mass is 16.5. The summed E-state index contributed by atoms with van der Waals surface area (Å²) in [5, 5.41) is 0. The van der Waals surface area contributed by atoms with Gasteiger partial charge in [0.15, 0.2) is 0 Å². The first-order valence-electron chi connectivity index (χ1n) is 8.02. The van der Waals surface area contributed by atoms with Gasteiger partial charge in [0.1, 0.15) is 0 Å². The van der Waals surface area contributed by atoms with Crippen molar-refractivity contribution in [2.24, 2.45) is 0 Å². The van der Waals surface area contributed by atoms with Gasteiger partial charge in [0.05, 0.1) is 12.5 Å². The van der Waals surface area contributed by atoms with Gasteiger partial charge in [0.25, 0.3) is 0 Å². The Morgan fingerprint density at radius 2 is 1.41 bits per heavy atom. The van der Waals surface area contributed by atoms with Crippen molar-refractivity contribution in [2.45, 2.75) is 38.5 Å². The van der Waals surface area contributed by atoms with E-state index in [0.717, 1.165) is 18.4 Å². The van der Waals surface area contributed by atoms with Crippen LogP contribution in [0.5, 0.6) is 0 Å². The van der Waals surface area contributed by atoms with Crippen LogP contribution in [0.15, 0.2) is 60.7 Å². The zero-order valence-corrected chi connectivity index (χ0v) is 13.4. The maximum atomic E-state index is 12.4. The second-order valence-corrected chi connectivity index (χ2v) is 5.52. The van der Waals surface area contributed by atoms with E-state index in [1.807, 2.05) is 55.5 Å². The fourth-order valence-electron chi connectivity index (χ4n) is 2.68. The first-order chi connectivity index (χ1) is 10.8. The minimum Gasteiger partial charge on any atom is -0.465 e. The van der Waals surface area contributed by atoms with Gasteiger partial charge in [0, 0.05) is 5.92 Å². The zero-order valence-electron chi connectivity index (χ0n) is 13.4. The van der Waals surface area contributed by atoms with Crippen LogP contribution in [-0.4, -0.2) is 12.6 Å². The van der Waals surface area contributed by atoms with Gasteiger partial charge in [0.2, 0.25) is 0 Å². The molecule has 2 unspecified atom stereocenters. The molecule has 116 valence electrons. The number of ether oxygens (including phenoxy) is 1. The van der Waals surface area contributed by atoms with Crippen LogP contribution >= 0.6 is 0 Å². The van der Waals surface area contributed by atoms with Crippen molar-refractivity contribution < 1.29 is 9.53 Å². The van der Waals surface area contributed by atoms with Crippen LogP contribution < -0.4 is 0 Å². The quantitative estimate of drug-likeness (QED) is 0.678. The Bertz CT molecular complexity index is 563. The molecule has 0 N–H and O–H groups in total. The summed E-state index contributed by atoms with van der Waals surface area (Å²) >= 11 is 0. The van der Waals surface area contributed by atoms with Crippen molar-refractivity contribution in [2.75, 3.05) is 6.61 Å². The maximum Gasteiger partial charge on any atom is 0.313 e. The molecule has 0 fully saturated rings. The van der Waals surface area contributed by atoms with E-state index in [2.05, 4.69) is 19.1 Å². The van der Waals surface area contributed by atoms with Crippen LogP contribution in [0.4, 0.5) is 0 Å². The Hall–Kier alpha value is -2.09. The highest BCUT2D eigenvalue weighted by Gasteiger charge is 2.21. The number of carbonyl (C=O) groups excluding carboxylic acids is 1. The summed E-state index contributed by atoms with van der Waals surface area (Å²) in [6.45, 7) is 4.59. The molecule has 22 heavy (non-hydrogen) atoms. The minimum absolute atomic E-state index is 0.122. The molecule has 0 heterocycles. The molecule has 0 saturated carbocycles. The first kappa shape index (κ1) is 16.3. The van der Waals surface area contributed by atoms with Crippen molar-refractivity contribution in [3.05, 3.63) is 71.8 Å². The first-order valence-corrected chi connectivity index (χ1v) is 8.02. The number of carbonyl (C=O) groups is 1. The number of hydrogen-bond acceptors (Lipinski definition) is 2. The molecule has 2 heteroatoms. The summed E-state index contributed by atoms with van der Waals surface area (Å²) in [6, 6.07) is 20.1. The van der Waals surface area contributed by atoms with Crippen molar-refractivity contribution in [1.82, 2.24) is 0 Å². The molecule has 0 saturated heterocycles. The predicted octanol–water partition coefficient (Wildman–Crippen LogP) is 4.92. The third-order valence-corrected chi connectivity index (χ3v) is 4.09. The SMILES string of the molecule is CCC(COC(=O)C(CC)c1ccccc1)c1ccccc1. The van der Waals surface area contributed by atoms with E-state index in [-0.39, 0.29) is 17.8 Å². The number of esters is 1. The van der Waals surface area contributed by atoms with Crippen LogP contribution in [0.3, 0.4) is 0 Å². The Balaban J connectivity index is 1.99. The Morgan fingerprint density at radius 3 is 1.91 bits per heavy atom. The fraction of sp³-hybridized carbons (Fsp3) is 0.350. The zero-order chi connectivity index (χ0) is 15.8. The molecule has 0 bridgehead atoms. The molecule has 0 aliphatic heterocycles. The predicted molar refractivity (Wildman–Crippen MR) is 89.9 cm³/mol.